The SMILES string of the molecule is Cc1cnc(CN2CCCC(C3(C)NC(=O)N(C)C3=O)C2)o1. The van der Waals surface area contributed by atoms with E-state index in [9.17, 15) is 9.59 Å². The van der Waals surface area contributed by atoms with Crippen molar-refractivity contribution in [2.75, 3.05) is 20.1 Å². The van der Waals surface area contributed by atoms with Crippen LogP contribution >= 0.6 is 0 Å². The number of carbonyl (C=O) groups is 2. The van der Waals surface area contributed by atoms with Gasteiger partial charge < -0.3 is 9.73 Å². The third kappa shape index (κ3) is 2.49. The lowest BCUT2D eigenvalue weighted by molar-refractivity contribution is -0.132. The van der Waals surface area contributed by atoms with Gasteiger partial charge in [-0.3, -0.25) is 14.6 Å². The van der Waals surface area contributed by atoms with Crippen LogP contribution in [-0.2, 0) is 11.3 Å². The summed E-state index contributed by atoms with van der Waals surface area (Å²) in [5.74, 6) is 1.45. The first kappa shape index (κ1) is 15.0. The predicted molar refractivity (Wildman–Crippen MR) is 78.9 cm³/mol. The van der Waals surface area contributed by atoms with Gasteiger partial charge >= 0.3 is 6.03 Å². The molecule has 2 aliphatic heterocycles. The minimum Gasteiger partial charge on any atom is -0.445 e. The molecule has 2 saturated heterocycles. The minimum atomic E-state index is -0.809. The van der Waals surface area contributed by atoms with E-state index in [1.807, 2.05) is 13.8 Å². The van der Waals surface area contributed by atoms with E-state index in [1.54, 1.807) is 6.20 Å². The fourth-order valence-corrected chi connectivity index (χ4v) is 3.41. The third-order valence-corrected chi connectivity index (χ3v) is 4.77. The van der Waals surface area contributed by atoms with Gasteiger partial charge in [0.05, 0.1) is 12.7 Å². The number of urea groups is 1. The molecule has 3 amide bonds. The number of aryl methyl sites for hydroxylation is 1. The number of aromatic nitrogens is 1. The molecule has 3 heterocycles. The van der Waals surface area contributed by atoms with Crippen molar-refractivity contribution in [1.29, 1.82) is 0 Å². The lowest BCUT2D eigenvalue weighted by atomic mass is 9.80. The van der Waals surface area contributed by atoms with Crippen molar-refractivity contribution in [3.63, 3.8) is 0 Å². The summed E-state index contributed by atoms with van der Waals surface area (Å²) in [7, 11) is 1.53. The Hall–Kier alpha value is -1.89. The molecule has 2 atom stereocenters. The van der Waals surface area contributed by atoms with Crippen LogP contribution in [0.1, 0.15) is 31.4 Å². The molecule has 2 unspecified atom stereocenters. The first-order valence-corrected chi connectivity index (χ1v) is 7.64. The van der Waals surface area contributed by atoms with E-state index >= 15 is 0 Å². The van der Waals surface area contributed by atoms with Gasteiger partial charge in [-0.15, -0.1) is 0 Å². The molecule has 1 N–H and O–H groups in total. The summed E-state index contributed by atoms with van der Waals surface area (Å²) in [5, 5.41) is 2.86. The molecule has 120 valence electrons. The van der Waals surface area contributed by atoms with Crippen molar-refractivity contribution < 1.29 is 14.0 Å². The van der Waals surface area contributed by atoms with Gasteiger partial charge in [0.1, 0.15) is 11.3 Å². The Labute approximate surface area is 129 Å². The summed E-state index contributed by atoms with van der Waals surface area (Å²) in [6.07, 6.45) is 3.64. The summed E-state index contributed by atoms with van der Waals surface area (Å²) >= 11 is 0. The Balaban J connectivity index is 1.70. The minimum absolute atomic E-state index is 0.0960. The summed E-state index contributed by atoms with van der Waals surface area (Å²) in [6.45, 7) is 6.04. The molecule has 0 radical (unpaired) electrons. The van der Waals surface area contributed by atoms with Gasteiger partial charge in [0, 0.05) is 19.5 Å². The van der Waals surface area contributed by atoms with Crippen LogP contribution in [0.2, 0.25) is 0 Å². The monoisotopic (exact) mass is 306 g/mol. The van der Waals surface area contributed by atoms with Crippen LogP contribution in [0.4, 0.5) is 4.79 Å². The summed E-state index contributed by atoms with van der Waals surface area (Å²) in [4.78, 5) is 31.8. The Kier molecular flexibility index (Phi) is 3.68. The lowest BCUT2D eigenvalue weighted by Gasteiger charge is -2.39. The second-order valence-corrected chi connectivity index (χ2v) is 6.44. The topological polar surface area (TPSA) is 78.7 Å². The van der Waals surface area contributed by atoms with Crippen LogP contribution in [0.15, 0.2) is 10.6 Å². The Morgan fingerprint density at radius 3 is 2.86 bits per heavy atom. The van der Waals surface area contributed by atoms with Crippen molar-refractivity contribution in [3.8, 4) is 0 Å². The molecular weight excluding hydrogens is 284 g/mol. The number of nitrogens with one attached hydrogen (secondary N) is 1. The number of imide groups is 1. The van der Waals surface area contributed by atoms with Crippen molar-refractivity contribution in [3.05, 3.63) is 17.8 Å². The lowest BCUT2D eigenvalue weighted by Crippen LogP contribution is -2.55. The van der Waals surface area contributed by atoms with Gasteiger partial charge in [0.15, 0.2) is 0 Å². The van der Waals surface area contributed by atoms with Gasteiger partial charge in [-0.2, -0.15) is 0 Å². The molecule has 2 aliphatic rings. The van der Waals surface area contributed by atoms with Crippen molar-refractivity contribution in [2.45, 2.75) is 38.8 Å². The molecule has 0 saturated carbocycles. The number of rotatable bonds is 3. The van der Waals surface area contributed by atoms with E-state index in [4.69, 9.17) is 4.42 Å². The average Bonchev–Trinajstić information content (AvgIpc) is 2.98. The van der Waals surface area contributed by atoms with E-state index in [0.29, 0.717) is 12.4 Å². The second kappa shape index (κ2) is 5.39. The van der Waals surface area contributed by atoms with Crippen molar-refractivity contribution in [2.24, 2.45) is 5.92 Å². The molecule has 2 fully saturated rings. The molecule has 1 aromatic heterocycles. The molecular formula is C15H22N4O3. The maximum absolute atomic E-state index is 12.4. The molecule has 22 heavy (non-hydrogen) atoms. The van der Waals surface area contributed by atoms with Crippen LogP contribution in [-0.4, -0.2) is 52.4 Å². The zero-order chi connectivity index (χ0) is 15.9. The first-order valence-electron chi connectivity index (χ1n) is 7.64. The number of carbonyl (C=O) groups excluding carboxylic acids is 2. The summed E-state index contributed by atoms with van der Waals surface area (Å²) in [5.41, 5.74) is -0.809. The van der Waals surface area contributed by atoms with Gasteiger partial charge in [0.2, 0.25) is 5.89 Å². The van der Waals surface area contributed by atoms with Crippen LogP contribution in [0, 0.1) is 12.8 Å². The zero-order valence-corrected chi connectivity index (χ0v) is 13.3. The molecule has 3 rings (SSSR count). The number of nitrogens with zero attached hydrogens (tertiary/aromatic N) is 3. The van der Waals surface area contributed by atoms with E-state index in [-0.39, 0.29) is 17.9 Å². The highest BCUT2D eigenvalue weighted by Crippen LogP contribution is 2.32. The maximum Gasteiger partial charge on any atom is 0.324 e. The largest absolute Gasteiger partial charge is 0.445 e. The molecule has 0 spiro atoms. The van der Waals surface area contributed by atoms with E-state index in [1.165, 1.54) is 11.9 Å². The van der Waals surface area contributed by atoms with E-state index in [2.05, 4.69) is 15.2 Å². The maximum atomic E-state index is 12.4. The molecule has 1 aromatic rings. The number of oxazole rings is 1. The smallest absolute Gasteiger partial charge is 0.324 e. The fraction of sp³-hybridized carbons (Fsp3) is 0.667. The molecule has 0 bridgehead atoms. The molecule has 7 nitrogen and oxygen atoms in total. The number of amides is 3. The van der Waals surface area contributed by atoms with Crippen LogP contribution in [0.3, 0.4) is 0 Å². The Bertz CT molecular complexity index is 599. The number of hydrogen-bond donors (Lipinski definition) is 1. The van der Waals surface area contributed by atoms with Crippen LogP contribution in [0.25, 0.3) is 0 Å². The number of likely N-dealkylation sites (N-methyl/N-ethyl adjacent to an activating group) is 1. The number of likely N-dealkylation sites (tertiary alicyclic amines) is 1. The summed E-state index contributed by atoms with van der Waals surface area (Å²) in [6, 6.07) is -0.312. The average molecular weight is 306 g/mol. The highest BCUT2D eigenvalue weighted by atomic mass is 16.4. The fourth-order valence-electron chi connectivity index (χ4n) is 3.41. The van der Waals surface area contributed by atoms with Crippen molar-refractivity contribution in [1.82, 2.24) is 20.1 Å². The highest BCUT2D eigenvalue weighted by Gasteiger charge is 2.51. The molecule has 7 heteroatoms. The zero-order valence-electron chi connectivity index (χ0n) is 13.3. The Morgan fingerprint density at radius 2 is 2.27 bits per heavy atom. The van der Waals surface area contributed by atoms with Gasteiger partial charge in [0.25, 0.3) is 5.91 Å². The van der Waals surface area contributed by atoms with Crippen LogP contribution < -0.4 is 5.32 Å². The van der Waals surface area contributed by atoms with E-state index < -0.39 is 5.54 Å². The van der Waals surface area contributed by atoms with Crippen molar-refractivity contribution >= 4 is 11.9 Å². The number of piperidine rings is 1. The number of hydrogen-bond acceptors (Lipinski definition) is 5. The second-order valence-electron chi connectivity index (χ2n) is 6.44. The molecule has 0 aliphatic carbocycles. The summed E-state index contributed by atoms with van der Waals surface area (Å²) < 4.78 is 5.53. The standard InChI is InChI=1S/C15H22N4O3/c1-10-7-16-12(22-10)9-19-6-4-5-11(8-19)15(2)13(20)18(3)14(21)17-15/h7,11H,4-6,8-9H2,1-3H3,(H,17,21). The van der Waals surface area contributed by atoms with Gasteiger partial charge in [-0.05, 0) is 33.2 Å². The highest BCUT2D eigenvalue weighted by molar-refractivity contribution is 6.06. The quantitative estimate of drug-likeness (QED) is 0.847. The molecule has 0 aromatic carbocycles. The normalized spacial score (nSPS) is 30.0. The van der Waals surface area contributed by atoms with Gasteiger partial charge in [-0.1, -0.05) is 0 Å². The van der Waals surface area contributed by atoms with Crippen LogP contribution in [0.5, 0.6) is 0 Å². The third-order valence-electron chi connectivity index (χ3n) is 4.77. The van der Waals surface area contributed by atoms with E-state index in [0.717, 1.165) is 31.7 Å². The van der Waals surface area contributed by atoms with Gasteiger partial charge in [-0.25, -0.2) is 9.78 Å². The Morgan fingerprint density at radius 1 is 1.50 bits per heavy atom. The first-order chi connectivity index (χ1) is 10.4. The predicted octanol–water partition coefficient (Wildman–Crippen LogP) is 1.14.